The van der Waals surface area contributed by atoms with Gasteiger partial charge in [0, 0.05) is 10.6 Å². The Morgan fingerprint density at radius 1 is 1.03 bits per heavy atom. The van der Waals surface area contributed by atoms with Crippen molar-refractivity contribution in [1.82, 2.24) is 15.0 Å². The van der Waals surface area contributed by atoms with Crippen LogP contribution in [0.25, 0.3) is 16.7 Å². The molecule has 170 valence electrons. The Balaban J connectivity index is 1.74. The lowest BCUT2D eigenvalue weighted by Crippen LogP contribution is -2.22. The van der Waals surface area contributed by atoms with Gasteiger partial charge in [-0.15, -0.1) is 15.0 Å². The number of carbonyl (C=O) groups excluding carboxylic acids is 1. The third-order valence-electron chi connectivity index (χ3n) is 4.71. The highest BCUT2D eigenvalue weighted by Crippen LogP contribution is 2.33. The number of carbonyl (C=O) groups is 1. The molecule has 1 atom stereocenters. The van der Waals surface area contributed by atoms with Gasteiger partial charge in [-0.2, -0.15) is 13.2 Å². The fourth-order valence-corrected chi connectivity index (χ4v) is 3.32. The molecule has 4 aromatic rings. The first-order valence-corrected chi connectivity index (χ1v) is 10.3. The third kappa shape index (κ3) is 4.93. The average molecular weight is 476 g/mol. The monoisotopic (exact) mass is 475 g/mol. The van der Waals surface area contributed by atoms with E-state index >= 15 is 0 Å². The largest absolute Gasteiger partial charge is 0.472 e. The minimum absolute atomic E-state index is 0.0684. The van der Waals surface area contributed by atoms with Crippen molar-refractivity contribution in [2.75, 3.05) is 6.61 Å². The minimum atomic E-state index is -4.50. The van der Waals surface area contributed by atoms with Crippen molar-refractivity contribution in [3.63, 3.8) is 0 Å². The predicted molar refractivity (Wildman–Crippen MR) is 115 cm³/mol. The molecule has 0 N–H and O–H groups in total. The lowest BCUT2D eigenvalue weighted by molar-refractivity contribution is -0.151. The fourth-order valence-electron chi connectivity index (χ4n) is 3.16. The molecule has 0 aliphatic heterocycles. The summed E-state index contributed by atoms with van der Waals surface area (Å²) in [5.74, 6) is -0.561. The van der Waals surface area contributed by atoms with Gasteiger partial charge in [0.15, 0.2) is 0 Å². The summed E-state index contributed by atoms with van der Waals surface area (Å²) in [6, 6.07) is 16.0. The smallest absolute Gasteiger partial charge is 0.416 e. The maximum atomic E-state index is 13.0. The van der Waals surface area contributed by atoms with E-state index < -0.39 is 23.8 Å². The van der Waals surface area contributed by atoms with Crippen LogP contribution in [0.5, 0.6) is 5.75 Å². The number of hydrogen-bond acceptors (Lipinski definition) is 5. The molecule has 0 amide bonds. The Labute approximate surface area is 191 Å². The summed E-state index contributed by atoms with van der Waals surface area (Å²) >= 11 is 6.17. The second-order valence-corrected chi connectivity index (χ2v) is 7.40. The van der Waals surface area contributed by atoms with E-state index in [1.54, 1.807) is 31.2 Å². The highest BCUT2D eigenvalue weighted by molar-refractivity contribution is 6.30. The van der Waals surface area contributed by atoms with Gasteiger partial charge in [0.05, 0.1) is 12.2 Å². The zero-order valence-electron chi connectivity index (χ0n) is 17.2. The van der Waals surface area contributed by atoms with E-state index in [0.717, 1.165) is 12.1 Å². The SMILES string of the molecule is CCOC(=O)C(Oc1ccc(Cl)cc1-n1nc2ccccc2n1)c1ccc(C(F)(F)F)cc1. The van der Waals surface area contributed by atoms with Crippen molar-refractivity contribution >= 4 is 28.6 Å². The lowest BCUT2D eigenvalue weighted by atomic mass is 10.1. The molecule has 1 aromatic heterocycles. The molecule has 3 aromatic carbocycles. The molecule has 6 nitrogen and oxygen atoms in total. The quantitative estimate of drug-likeness (QED) is 0.331. The van der Waals surface area contributed by atoms with Gasteiger partial charge in [0.2, 0.25) is 6.10 Å². The Hall–Kier alpha value is -3.59. The maximum Gasteiger partial charge on any atom is 0.416 e. The Bertz CT molecular complexity index is 1260. The first-order valence-electron chi connectivity index (χ1n) is 9.88. The topological polar surface area (TPSA) is 66.2 Å². The minimum Gasteiger partial charge on any atom is -0.472 e. The molecular weight excluding hydrogens is 459 g/mol. The van der Waals surface area contributed by atoms with Crippen molar-refractivity contribution < 1.29 is 27.4 Å². The Morgan fingerprint density at radius 3 is 2.24 bits per heavy atom. The normalized spacial score (nSPS) is 12.5. The molecule has 0 aliphatic rings. The summed E-state index contributed by atoms with van der Waals surface area (Å²) in [6.07, 6.45) is -5.83. The van der Waals surface area contributed by atoms with Gasteiger partial charge in [-0.25, -0.2) is 4.79 Å². The Morgan fingerprint density at radius 2 is 1.67 bits per heavy atom. The second kappa shape index (κ2) is 9.11. The fraction of sp³-hybridized carbons (Fsp3) is 0.174. The predicted octanol–water partition coefficient (Wildman–Crippen LogP) is 5.78. The van der Waals surface area contributed by atoms with Crippen LogP contribution in [0.2, 0.25) is 5.02 Å². The number of nitrogens with zero attached hydrogens (tertiary/aromatic N) is 3. The van der Waals surface area contributed by atoms with E-state index in [0.29, 0.717) is 21.7 Å². The van der Waals surface area contributed by atoms with Crippen LogP contribution in [-0.2, 0) is 15.7 Å². The molecule has 1 heterocycles. The highest BCUT2D eigenvalue weighted by atomic mass is 35.5. The number of esters is 1. The summed E-state index contributed by atoms with van der Waals surface area (Å²) in [4.78, 5) is 14.0. The molecule has 0 saturated carbocycles. The summed E-state index contributed by atoms with van der Waals surface area (Å²) < 4.78 is 49.9. The van der Waals surface area contributed by atoms with Gasteiger partial charge in [-0.1, -0.05) is 35.9 Å². The molecule has 1 unspecified atom stereocenters. The second-order valence-electron chi connectivity index (χ2n) is 6.96. The van der Waals surface area contributed by atoms with Crippen molar-refractivity contribution in [2.24, 2.45) is 0 Å². The van der Waals surface area contributed by atoms with Crippen molar-refractivity contribution in [3.8, 4) is 11.4 Å². The van der Waals surface area contributed by atoms with Crippen molar-refractivity contribution in [3.05, 3.63) is 82.9 Å². The number of hydrogen-bond donors (Lipinski definition) is 0. The summed E-state index contributed by atoms with van der Waals surface area (Å²) in [7, 11) is 0. The van der Waals surface area contributed by atoms with Gasteiger partial charge >= 0.3 is 12.1 Å². The molecular formula is C23H17ClF3N3O3. The van der Waals surface area contributed by atoms with Gasteiger partial charge in [0.1, 0.15) is 22.5 Å². The van der Waals surface area contributed by atoms with E-state index in [9.17, 15) is 18.0 Å². The molecule has 0 radical (unpaired) electrons. The molecule has 0 saturated heterocycles. The van der Waals surface area contributed by atoms with E-state index in [-0.39, 0.29) is 17.9 Å². The Kier molecular flexibility index (Phi) is 6.24. The third-order valence-corrected chi connectivity index (χ3v) is 4.94. The van der Waals surface area contributed by atoms with Crippen molar-refractivity contribution in [2.45, 2.75) is 19.2 Å². The standard InChI is InChI=1S/C23H17ClF3N3O3/c1-2-32-22(31)21(14-7-9-15(10-8-14)23(25,26)27)33-20-12-11-16(24)13-19(20)30-28-17-5-3-4-6-18(17)29-30/h3-13,21H,2H2,1H3. The first-order chi connectivity index (χ1) is 15.8. The van der Waals surface area contributed by atoms with Gasteiger partial charge in [-0.3, -0.25) is 0 Å². The molecule has 33 heavy (non-hydrogen) atoms. The van der Waals surface area contributed by atoms with E-state index in [4.69, 9.17) is 21.1 Å². The molecule has 10 heteroatoms. The van der Waals surface area contributed by atoms with Gasteiger partial charge in [-0.05, 0) is 49.4 Å². The van der Waals surface area contributed by atoms with Crippen LogP contribution < -0.4 is 4.74 Å². The zero-order valence-corrected chi connectivity index (χ0v) is 18.0. The lowest BCUT2D eigenvalue weighted by Gasteiger charge is -2.20. The summed E-state index contributed by atoms with van der Waals surface area (Å²) in [5, 5.41) is 9.20. The molecule has 0 spiro atoms. The van der Waals surface area contributed by atoms with Crippen LogP contribution in [0.15, 0.2) is 66.7 Å². The average Bonchev–Trinajstić information content (AvgIpc) is 3.22. The van der Waals surface area contributed by atoms with Crippen LogP contribution in [-0.4, -0.2) is 27.6 Å². The number of alkyl halides is 3. The van der Waals surface area contributed by atoms with E-state index in [1.165, 1.54) is 23.0 Å². The summed E-state index contributed by atoms with van der Waals surface area (Å²) in [6.45, 7) is 1.69. The van der Waals surface area contributed by atoms with Gasteiger partial charge in [0.25, 0.3) is 0 Å². The highest BCUT2D eigenvalue weighted by Gasteiger charge is 2.32. The number of halogens is 4. The summed E-state index contributed by atoms with van der Waals surface area (Å²) in [5.41, 5.74) is 0.968. The van der Waals surface area contributed by atoms with E-state index in [2.05, 4.69) is 10.2 Å². The molecule has 0 aliphatic carbocycles. The number of rotatable bonds is 6. The first kappa shape index (κ1) is 22.6. The van der Waals surface area contributed by atoms with Gasteiger partial charge < -0.3 is 9.47 Å². The van der Waals surface area contributed by atoms with Crippen LogP contribution in [0, 0.1) is 0 Å². The van der Waals surface area contributed by atoms with Crippen LogP contribution in [0.1, 0.15) is 24.2 Å². The van der Waals surface area contributed by atoms with Crippen LogP contribution in [0.3, 0.4) is 0 Å². The maximum absolute atomic E-state index is 13.0. The molecule has 0 fully saturated rings. The van der Waals surface area contributed by atoms with E-state index in [1.807, 2.05) is 12.1 Å². The van der Waals surface area contributed by atoms with Crippen molar-refractivity contribution in [1.29, 1.82) is 0 Å². The number of fused-ring (bicyclic) bond motifs is 1. The van der Waals surface area contributed by atoms with Crippen LogP contribution in [0.4, 0.5) is 13.2 Å². The molecule has 4 rings (SSSR count). The van der Waals surface area contributed by atoms with Crippen LogP contribution >= 0.6 is 11.6 Å². The number of aromatic nitrogens is 3. The zero-order chi connectivity index (χ0) is 23.6. The number of ether oxygens (including phenoxy) is 2. The number of benzene rings is 3. The molecule has 0 bridgehead atoms.